The van der Waals surface area contributed by atoms with Gasteiger partial charge in [-0.25, -0.2) is 19.2 Å². The number of hydrogen-bond donors (Lipinski definition) is 9. The predicted octanol–water partition coefficient (Wildman–Crippen LogP) is 14.5. The van der Waals surface area contributed by atoms with Crippen LogP contribution in [0.25, 0.3) is 11.1 Å². The van der Waals surface area contributed by atoms with Crippen LogP contribution in [0.3, 0.4) is 0 Å². The van der Waals surface area contributed by atoms with Crippen molar-refractivity contribution in [2.75, 3.05) is 0 Å². The molecule has 0 aliphatic heterocycles. The molecule has 0 aromatic heterocycles. The van der Waals surface area contributed by atoms with Crippen molar-refractivity contribution < 1.29 is 60.0 Å². The van der Waals surface area contributed by atoms with E-state index < -0.39 is 69.1 Å². The number of carboxylic acids is 4. The Morgan fingerprint density at radius 1 is 0.514 bits per heavy atom. The Morgan fingerprint density at radius 2 is 0.889 bits per heavy atom. The van der Waals surface area contributed by atoms with Crippen molar-refractivity contribution in [2.24, 2.45) is 46.3 Å². The number of aromatic carboxylic acids is 4. The van der Waals surface area contributed by atoms with Gasteiger partial charge in [-0.05, 0) is 212 Å². The van der Waals surface area contributed by atoms with Gasteiger partial charge in [0.2, 0.25) is 0 Å². The minimum Gasteiger partial charge on any atom is -0.505 e. The van der Waals surface area contributed by atoms with Crippen LogP contribution in [-0.2, 0) is 0 Å². The van der Waals surface area contributed by atoms with Crippen LogP contribution in [0.2, 0.25) is 20.1 Å². The van der Waals surface area contributed by atoms with E-state index in [2.05, 4.69) is 13.8 Å². The molecule has 384 valence electrons. The van der Waals surface area contributed by atoms with E-state index in [1.54, 1.807) is 0 Å². The largest absolute Gasteiger partial charge is 0.505 e. The van der Waals surface area contributed by atoms with Gasteiger partial charge in [0.15, 0.2) is 0 Å². The van der Waals surface area contributed by atoms with Crippen LogP contribution in [0.4, 0.5) is 0 Å². The van der Waals surface area contributed by atoms with Crippen molar-refractivity contribution in [1.82, 2.24) is 6.15 Å². The summed E-state index contributed by atoms with van der Waals surface area (Å²) in [7, 11) is 0. The van der Waals surface area contributed by atoms with Gasteiger partial charge < -0.3 is 47.0 Å². The smallest absolute Gasteiger partial charge is 0.339 e. The van der Waals surface area contributed by atoms with Crippen molar-refractivity contribution in [2.45, 2.75) is 97.3 Å². The Hall–Kier alpha value is -5.44. The molecule has 4 fully saturated rings. The number of fused-ring (bicyclic) bond motifs is 5. The molecule has 4 aliphatic carbocycles. The van der Waals surface area contributed by atoms with Crippen molar-refractivity contribution >= 4 is 81.4 Å². The summed E-state index contributed by atoms with van der Waals surface area (Å²) >= 11 is 25.3. The van der Waals surface area contributed by atoms with Crippen LogP contribution in [0.15, 0.2) is 60.7 Å². The molecule has 8 atom stereocenters. The van der Waals surface area contributed by atoms with E-state index in [0.717, 1.165) is 64.2 Å². The Labute approximate surface area is 437 Å². The van der Waals surface area contributed by atoms with Crippen LogP contribution >= 0.6 is 46.4 Å². The lowest BCUT2D eigenvalue weighted by Crippen LogP contribution is -2.53. The van der Waals surface area contributed by atoms with Crippen LogP contribution in [0, 0.1) is 46.3 Å². The summed E-state index contributed by atoms with van der Waals surface area (Å²) in [4.78, 5) is 48.3. The van der Waals surface area contributed by atoms with Crippen molar-refractivity contribution in [3.63, 3.8) is 0 Å². The third kappa shape index (κ3) is 10.1. The Morgan fingerprint density at radius 3 is 1.29 bits per heavy atom. The van der Waals surface area contributed by atoms with E-state index in [4.69, 9.17) is 46.4 Å². The highest BCUT2D eigenvalue weighted by Gasteiger charge is 2.59. The van der Waals surface area contributed by atoms with Crippen LogP contribution in [0.5, 0.6) is 23.0 Å². The van der Waals surface area contributed by atoms with Crippen LogP contribution in [-0.4, -0.2) is 64.7 Å². The molecular formula is C55H59Cl4NO12. The minimum absolute atomic E-state index is 0. The second kappa shape index (κ2) is 21.2. The lowest BCUT2D eigenvalue weighted by atomic mass is 9.44. The molecule has 0 amide bonds. The fourth-order valence-electron chi connectivity index (χ4n) is 13.6. The normalized spacial score (nSPS) is 25.2. The summed E-state index contributed by atoms with van der Waals surface area (Å²) < 4.78 is 0. The molecule has 8 rings (SSSR count). The van der Waals surface area contributed by atoms with Gasteiger partial charge in [-0.15, -0.1) is 0 Å². The maximum Gasteiger partial charge on any atom is 0.339 e. The summed E-state index contributed by atoms with van der Waals surface area (Å²) in [6.45, 7) is 4.98. The molecule has 0 saturated heterocycles. The quantitative estimate of drug-likeness (QED) is 0.0569. The van der Waals surface area contributed by atoms with Gasteiger partial charge >= 0.3 is 23.9 Å². The van der Waals surface area contributed by atoms with Gasteiger partial charge in [-0.2, -0.15) is 0 Å². The SMILES string of the molecule is C[C@]12CC[C@H](CCC=C(c3cc(Cl)c(O)c(C(=O)O)c3)c3cc(Cl)c(O)c(C(=O)O)c3)C[C@@H]1CC[C@@H]1[C@@H]2CC[C@]2(C)[C@@H](CCC=C(c3cc(Cl)c(O)c(C(=O)O)c3)c3cc(Cl)c(O)c(C(=O)O)c3)CC[C@@H]12.N. The summed E-state index contributed by atoms with van der Waals surface area (Å²) in [6, 6.07) is 10.9. The molecule has 0 unspecified atom stereocenters. The van der Waals surface area contributed by atoms with Crippen molar-refractivity contribution in [3.05, 3.63) is 125 Å². The molecule has 0 heterocycles. The maximum absolute atomic E-state index is 12.1. The van der Waals surface area contributed by atoms with E-state index in [-0.39, 0.29) is 37.1 Å². The molecule has 4 saturated carbocycles. The standard InChI is InChI=1S/C55H56Cl4O12.H3N/c1-54-16-14-41-35(40(54)12-10-31(54)6-4-8-34(29-20-38(52(68)69)48(62)44(58)24-29)30-21-39(53(70)71)49(63)45(59)25-30)11-9-32-17-26(13-15-55(32,41)2)5-3-7-33(27-18-36(50(64)65)46(60)42(56)22-27)28-19-37(51(66)67)47(61)43(57)23-28;/h7-8,18-26,31-32,35,40-41,60-63H,3-6,9-17H2,1-2H3,(H,64,65)(H,66,67)(H,68,69)(H,70,71);1H3/t26-,31-,32-,35-,40-,41-,54+,55-;/m0./s1. The van der Waals surface area contributed by atoms with Gasteiger partial charge in [0.1, 0.15) is 45.3 Å². The van der Waals surface area contributed by atoms with Crippen molar-refractivity contribution in [3.8, 4) is 23.0 Å². The number of aromatic hydroxyl groups is 4. The van der Waals surface area contributed by atoms with Crippen molar-refractivity contribution in [1.29, 1.82) is 0 Å². The second-order valence-corrected chi connectivity index (χ2v) is 22.3. The van der Waals surface area contributed by atoms with E-state index in [9.17, 15) is 60.0 Å². The highest BCUT2D eigenvalue weighted by molar-refractivity contribution is 6.34. The average Bonchev–Trinajstić information content (AvgIpc) is 3.65. The lowest BCUT2D eigenvalue weighted by Gasteiger charge is -2.61. The molecule has 11 N–H and O–H groups in total. The predicted molar refractivity (Wildman–Crippen MR) is 277 cm³/mol. The van der Waals surface area contributed by atoms with Gasteiger partial charge in [0.05, 0.1) is 20.1 Å². The van der Waals surface area contributed by atoms with E-state index in [1.165, 1.54) is 55.0 Å². The minimum atomic E-state index is -1.38. The molecule has 4 aliphatic rings. The molecule has 0 radical (unpaired) electrons. The monoisotopic (exact) mass is 1070 g/mol. The molecule has 13 nitrogen and oxygen atoms in total. The highest BCUT2D eigenvalue weighted by atomic mass is 35.5. The molecule has 4 aromatic carbocycles. The maximum atomic E-state index is 12.1. The first-order valence-electron chi connectivity index (χ1n) is 24.0. The number of allylic oxidation sites excluding steroid dienone is 2. The summed E-state index contributed by atoms with van der Waals surface area (Å²) in [5.41, 5.74) is 1.06. The molecule has 72 heavy (non-hydrogen) atoms. The first kappa shape index (κ1) is 54.3. The summed E-state index contributed by atoms with van der Waals surface area (Å²) in [5.74, 6) is -4.66. The van der Waals surface area contributed by atoms with E-state index >= 15 is 0 Å². The fourth-order valence-corrected chi connectivity index (χ4v) is 14.4. The van der Waals surface area contributed by atoms with Gasteiger partial charge in [0, 0.05) is 0 Å². The zero-order chi connectivity index (χ0) is 51.4. The number of hydrogen-bond acceptors (Lipinski definition) is 9. The number of rotatable bonds is 14. The second-order valence-electron chi connectivity index (χ2n) is 20.6. The third-order valence-corrected chi connectivity index (χ3v) is 18.3. The lowest BCUT2D eigenvalue weighted by molar-refractivity contribution is -0.118. The fraction of sp³-hybridized carbons (Fsp3) is 0.418. The third-order valence-electron chi connectivity index (χ3n) is 17.2. The van der Waals surface area contributed by atoms with E-state index in [1.807, 2.05) is 12.2 Å². The first-order chi connectivity index (χ1) is 33.5. The molecule has 17 heteroatoms. The first-order valence-corrected chi connectivity index (χ1v) is 25.5. The van der Waals surface area contributed by atoms with E-state index in [0.29, 0.717) is 81.7 Å². The number of benzene rings is 4. The zero-order valence-electron chi connectivity index (χ0n) is 39.9. The van der Waals surface area contributed by atoms with Gasteiger partial charge in [-0.3, -0.25) is 0 Å². The molecular weight excluding hydrogens is 1010 g/mol. The summed E-state index contributed by atoms with van der Waals surface area (Å²) in [5, 5.41) is 80.4. The Kier molecular flexibility index (Phi) is 16.0. The van der Waals surface area contributed by atoms with Gasteiger partial charge in [-0.1, -0.05) is 72.4 Å². The van der Waals surface area contributed by atoms with Gasteiger partial charge in [0.25, 0.3) is 0 Å². The topological polar surface area (TPSA) is 265 Å². The zero-order valence-corrected chi connectivity index (χ0v) is 42.9. The van der Waals surface area contributed by atoms with Crippen LogP contribution in [0.1, 0.15) is 161 Å². The Balaban J connectivity index is 0.00000760. The van der Waals surface area contributed by atoms with Crippen LogP contribution < -0.4 is 6.15 Å². The highest BCUT2D eigenvalue weighted by Crippen LogP contribution is 2.68. The Bertz CT molecular complexity index is 2770. The molecule has 0 bridgehead atoms. The molecule has 4 aromatic rings. The average molecular weight is 1070 g/mol. The number of carboxylic acid groups (broad SMARTS) is 4. The number of carbonyl (C=O) groups is 4. The number of halogens is 4. The summed E-state index contributed by atoms with van der Waals surface area (Å²) in [6.07, 6.45) is 16.8. The molecule has 0 spiro atoms. The number of phenols is 4.